The SMILES string of the molecule is COC1=C(OC)C2C(=O)NC(=O)C2(CC2CCNC2)C=C1. The number of imide groups is 1. The summed E-state index contributed by atoms with van der Waals surface area (Å²) < 4.78 is 10.7. The molecule has 0 aromatic carbocycles. The van der Waals surface area contributed by atoms with Gasteiger partial charge in [0.1, 0.15) is 5.92 Å². The molecular weight excluding hydrogens is 272 g/mol. The van der Waals surface area contributed by atoms with E-state index in [-0.39, 0.29) is 11.8 Å². The highest BCUT2D eigenvalue weighted by Crippen LogP contribution is 2.48. The summed E-state index contributed by atoms with van der Waals surface area (Å²) in [5.74, 6) is 0.167. The Bertz CT molecular complexity index is 534. The first-order chi connectivity index (χ1) is 10.1. The zero-order chi connectivity index (χ0) is 15.0. The normalized spacial score (nSPS) is 35.0. The molecule has 2 aliphatic heterocycles. The summed E-state index contributed by atoms with van der Waals surface area (Å²) in [4.78, 5) is 24.7. The van der Waals surface area contributed by atoms with E-state index in [4.69, 9.17) is 9.47 Å². The number of ether oxygens (including phenoxy) is 2. The molecule has 3 rings (SSSR count). The van der Waals surface area contributed by atoms with Gasteiger partial charge in [-0.15, -0.1) is 0 Å². The van der Waals surface area contributed by atoms with E-state index in [0.29, 0.717) is 23.9 Å². The predicted octanol–water partition coefficient (Wildman–Crippen LogP) is 0.319. The lowest BCUT2D eigenvalue weighted by molar-refractivity contribution is -0.127. The molecule has 0 bridgehead atoms. The van der Waals surface area contributed by atoms with Crippen LogP contribution in [0, 0.1) is 17.3 Å². The van der Waals surface area contributed by atoms with Gasteiger partial charge in [-0.05, 0) is 37.9 Å². The van der Waals surface area contributed by atoms with Crippen LogP contribution in [-0.4, -0.2) is 39.1 Å². The largest absolute Gasteiger partial charge is 0.496 e. The zero-order valence-electron chi connectivity index (χ0n) is 12.3. The molecule has 2 N–H and O–H groups in total. The van der Waals surface area contributed by atoms with Crippen LogP contribution >= 0.6 is 0 Å². The Labute approximate surface area is 123 Å². The molecule has 0 radical (unpaired) electrons. The second-order valence-corrected chi connectivity index (χ2v) is 5.82. The molecule has 6 heteroatoms. The Morgan fingerprint density at radius 2 is 2.14 bits per heavy atom. The molecule has 114 valence electrons. The van der Waals surface area contributed by atoms with Crippen LogP contribution < -0.4 is 10.6 Å². The molecule has 6 nitrogen and oxygen atoms in total. The van der Waals surface area contributed by atoms with Gasteiger partial charge in [-0.1, -0.05) is 6.08 Å². The first-order valence-corrected chi connectivity index (χ1v) is 7.20. The van der Waals surface area contributed by atoms with Crippen molar-refractivity contribution in [3.63, 3.8) is 0 Å². The summed E-state index contributed by atoms with van der Waals surface area (Å²) in [5, 5.41) is 5.76. The molecule has 0 aromatic heterocycles. The van der Waals surface area contributed by atoms with Gasteiger partial charge in [0, 0.05) is 0 Å². The van der Waals surface area contributed by atoms with Gasteiger partial charge in [0.05, 0.1) is 19.6 Å². The Morgan fingerprint density at radius 1 is 1.33 bits per heavy atom. The summed E-state index contributed by atoms with van der Waals surface area (Å²) >= 11 is 0. The molecule has 2 fully saturated rings. The maximum Gasteiger partial charge on any atom is 0.238 e. The van der Waals surface area contributed by atoms with Crippen molar-refractivity contribution in [2.45, 2.75) is 12.8 Å². The molecule has 1 aliphatic carbocycles. The molecule has 3 unspecified atom stereocenters. The summed E-state index contributed by atoms with van der Waals surface area (Å²) in [6.45, 7) is 1.84. The number of methoxy groups -OCH3 is 2. The van der Waals surface area contributed by atoms with Gasteiger partial charge in [-0.3, -0.25) is 14.9 Å². The molecule has 3 atom stereocenters. The lowest BCUT2D eigenvalue weighted by Gasteiger charge is -2.34. The van der Waals surface area contributed by atoms with Gasteiger partial charge in [-0.25, -0.2) is 0 Å². The average Bonchev–Trinajstić information content (AvgIpc) is 3.06. The van der Waals surface area contributed by atoms with E-state index in [0.717, 1.165) is 19.5 Å². The van der Waals surface area contributed by atoms with Crippen molar-refractivity contribution in [2.24, 2.45) is 17.3 Å². The fraction of sp³-hybridized carbons (Fsp3) is 0.600. The monoisotopic (exact) mass is 292 g/mol. The Kier molecular flexibility index (Phi) is 3.49. The van der Waals surface area contributed by atoms with Crippen LogP contribution in [0.3, 0.4) is 0 Å². The number of carbonyl (C=O) groups excluding carboxylic acids is 2. The summed E-state index contributed by atoms with van der Waals surface area (Å²) in [6, 6.07) is 0. The third kappa shape index (κ3) is 2.05. The lowest BCUT2D eigenvalue weighted by Crippen LogP contribution is -2.39. The molecule has 2 saturated heterocycles. The quantitative estimate of drug-likeness (QED) is 0.730. The highest BCUT2D eigenvalue weighted by molar-refractivity contribution is 6.10. The van der Waals surface area contributed by atoms with Crippen LogP contribution in [-0.2, 0) is 19.1 Å². The zero-order valence-corrected chi connectivity index (χ0v) is 12.3. The third-order valence-electron chi connectivity index (χ3n) is 4.70. The number of hydrogen-bond donors (Lipinski definition) is 2. The van der Waals surface area contributed by atoms with Crippen LogP contribution in [0.1, 0.15) is 12.8 Å². The number of fused-ring (bicyclic) bond motifs is 1. The molecular formula is C15H20N2O4. The highest BCUT2D eigenvalue weighted by Gasteiger charge is 2.58. The van der Waals surface area contributed by atoms with Gasteiger partial charge >= 0.3 is 0 Å². The smallest absolute Gasteiger partial charge is 0.238 e. The van der Waals surface area contributed by atoms with Crippen molar-refractivity contribution in [2.75, 3.05) is 27.3 Å². The number of amides is 2. The third-order valence-corrected chi connectivity index (χ3v) is 4.70. The second-order valence-electron chi connectivity index (χ2n) is 5.82. The van der Waals surface area contributed by atoms with E-state index < -0.39 is 11.3 Å². The number of allylic oxidation sites excluding steroid dienone is 1. The van der Waals surface area contributed by atoms with Crippen molar-refractivity contribution in [3.05, 3.63) is 23.7 Å². The lowest BCUT2D eigenvalue weighted by atomic mass is 9.68. The Morgan fingerprint density at radius 3 is 2.76 bits per heavy atom. The van der Waals surface area contributed by atoms with Gasteiger partial charge in [0.2, 0.25) is 11.8 Å². The second kappa shape index (κ2) is 5.18. The first kappa shape index (κ1) is 14.1. The number of nitrogens with one attached hydrogen (secondary N) is 2. The van der Waals surface area contributed by atoms with Crippen molar-refractivity contribution >= 4 is 11.8 Å². The van der Waals surface area contributed by atoms with E-state index in [9.17, 15) is 9.59 Å². The standard InChI is InChI=1S/C15H20N2O4/c1-20-10-3-5-15(7-9-4-6-16-8-9)11(12(10)21-2)13(18)17-14(15)19/h3,5,9,11,16H,4,6-8H2,1-2H3,(H,17,18,19). The Hall–Kier alpha value is -1.82. The fourth-order valence-electron chi connectivity index (χ4n) is 3.67. The highest BCUT2D eigenvalue weighted by atomic mass is 16.5. The van der Waals surface area contributed by atoms with Crippen LogP contribution in [0.25, 0.3) is 0 Å². The minimum Gasteiger partial charge on any atom is -0.496 e. The van der Waals surface area contributed by atoms with Crippen molar-refractivity contribution in [1.82, 2.24) is 10.6 Å². The number of carbonyl (C=O) groups is 2. The van der Waals surface area contributed by atoms with E-state index in [1.807, 2.05) is 6.08 Å². The first-order valence-electron chi connectivity index (χ1n) is 7.20. The van der Waals surface area contributed by atoms with Gasteiger partial charge < -0.3 is 14.8 Å². The molecule has 2 amide bonds. The maximum absolute atomic E-state index is 12.5. The van der Waals surface area contributed by atoms with E-state index >= 15 is 0 Å². The van der Waals surface area contributed by atoms with E-state index in [1.54, 1.807) is 6.08 Å². The Balaban J connectivity index is 2.00. The molecule has 0 spiro atoms. The fourth-order valence-corrected chi connectivity index (χ4v) is 3.67. The van der Waals surface area contributed by atoms with Crippen LogP contribution in [0.4, 0.5) is 0 Å². The number of hydrogen-bond acceptors (Lipinski definition) is 5. The van der Waals surface area contributed by atoms with E-state index in [2.05, 4.69) is 10.6 Å². The van der Waals surface area contributed by atoms with Gasteiger partial charge in [0.15, 0.2) is 11.5 Å². The van der Waals surface area contributed by atoms with Crippen LogP contribution in [0.5, 0.6) is 0 Å². The van der Waals surface area contributed by atoms with E-state index in [1.165, 1.54) is 14.2 Å². The van der Waals surface area contributed by atoms with Crippen molar-refractivity contribution < 1.29 is 19.1 Å². The molecule has 3 aliphatic rings. The summed E-state index contributed by atoms with van der Waals surface area (Å²) in [6.07, 6.45) is 5.23. The van der Waals surface area contributed by atoms with Crippen LogP contribution in [0.15, 0.2) is 23.7 Å². The topological polar surface area (TPSA) is 76.7 Å². The molecule has 21 heavy (non-hydrogen) atoms. The summed E-state index contributed by atoms with van der Waals surface area (Å²) in [5.41, 5.74) is -0.846. The molecule has 0 saturated carbocycles. The minimum absolute atomic E-state index is 0.231. The number of rotatable bonds is 4. The summed E-state index contributed by atoms with van der Waals surface area (Å²) in [7, 11) is 3.03. The minimum atomic E-state index is -0.846. The van der Waals surface area contributed by atoms with Gasteiger partial charge in [0.25, 0.3) is 0 Å². The predicted molar refractivity (Wildman–Crippen MR) is 74.9 cm³/mol. The maximum atomic E-state index is 12.5. The molecule has 0 aromatic rings. The van der Waals surface area contributed by atoms with Crippen molar-refractivity contribution in [1.29, 1.82) is 0 Å². The van der Waals surface area contributed by atoms with Crippen LogP contribution in [0.2, 0.25) is 0 Å². The van der Waals surface area contributed by atoms with Gasteiger partial charge in [-0.2, -0.15) is 0 Å². The van der Waals surface area contributed by atoms with Crippen molar-refractivity contribution in [3.8, 4) is 0 Å². The molecule has 2 heterocycles. The average molecular weight is 292 g/mol.